The van der Waals surface area contributed by atoms with Gasteiger partial charge in [-0.1, -0.05) is 48.5 Å². The second-order valence-corrected chi connectivity index (χ2v) is 7.30. The normalized spacial score (nSPS) is 14.9. The molecule has 138 valence electrons. The van der Waals surface area contributed by atoms with Crippen LogP contribution in [0.5, 0.6) is 0 Å². The maximum absolute atomic E-state index is 4.75. The fourth-order valence-corrected chi connectivity index (χ4v) is 3.73. The lowest BCUT2D eigenvalue weighted by Gasteiger charge is -2.33. The molecule has 1 aromatic heterocycles. The molecule has 4 rings (SSSR count). The Bertz CT molecular complexity index is 870. The molecule has 0 radical (unpaired) electrons. The first-order valence-corrected chi connectivity index (χ1v) is 9.72. The molecule has 0 amide bonds. The number of anilines is 3. The molecule has 4 heteroatoms. The van der Waals surface area contributed by atoms with Gasteiger partial charge in [0, 0.05) is 25.0 Å². The van der Waals surface area contributed by atoms with Gasteiger partial charge in [-0.15, -0.1) is 0 Å². The highest BCUT2D eigenvalue weighted by Gasteiger charge is 2.20. The first-order valence-electron chi connectivity index (χ1n) is 9.72. The molecule has 0 unspecified atom stereocenters. The van der Waals surface area contributed by atoms with Gasteiger partial charge in [0.1, 0.15) is 5.82 Å². The summed E-state index contributed by atoms with van der Waals surface area (Å²) in [5.74, 6) is 2.43. The molecule has 1 saturated heterocycles. The van der Waals surface area contributed by atoms with E-state index in [2.05, 4.69) is 64.6 Å². The highest BCUT2D eigenvalue weighted by atomic mass is 15.2. The molecule has 0 atom stereocenters. The van der Waals surface area contributed by atoms with Crippen molar-refractivity contribution in [1.82, 2.24) is 9.97 Å². The molecule has 27 heavy (non-hydrogen) atoms. The van der Waals surface area contributed by atoms with E-state index in [-0.39, 0.29) is 0 Å². The summed E-state index contributed by atoms with van der Waals surface area (Å²) in [6.45, 7) is 4.19. The average Bonchev–Trinajstić information content (AvgIpc) is 2.71. The fraction of sp³-hybridized carbons (Fsp3) is 0.304. The van der Waals surface area contributed by atoms with Crippen LogP contribution in [0.2, 0.25) is 0 Å². The third-order valence-electron chi connectivity index (χ3n) is 5.34. The van der Waals surface area contributed by atoms with E-state index in [1.165, 1.54) is 30.4 Å². The molecule has 1 aliphatic heterocycles. The first kappa shape index (κ1) is 17.5. The van der Waals surface area contributed by atoms with Crippen LogP contribution in [0.4, 0.5) is 17.5 Å². The van der Waals surface area contributed by atoms with Gasteiger partial charge in [-0.05, 0) is 55.4 Å². The molecule has 3 aromatic rings. The zero-order valence-corrected chi connectivity index (χ0v) is 15.8. The lowest BCUT2D eigenvalue weighted by molar-refractivity contribution is 0.402. The number of hydrogen-bond acceptors (Lipinski definition) is 4. The Labute approximate surface area is 161 Å². The predicted octanol–water partition coefficient (Wildman–Crippen LogP) is 4.99. The second-order valence-electron chi connectivity index (χ2n) is 7.30. The van der Waals surface area contributed by atoms with Gasteiger partial charge in [0.2, 0.25) is 5.95 Å². The molecule has 0 aliphatic carbocycles. The van der Waals surface area contributed by atoms with Crippen molar-refractivity contribution < 1.29 is 0 Å². The number of benzene rings is 2. The summed E-state index contributed by atoms with van der Waals surface area (Å²) in [5, 5.41) is 3.34. The van der Waals surface area contributed by atoms with E-state index in [1.807, 2.05) is 24.4 Å². The molecule has 1 aliphatic rings. The average molecular weight is 358 g/mol. The number of aromatic nitrogens is 2. The Hall–Kier alpha value is -2.88. The highest BCUT2D eigenvalue weighted by molar-refractivity contribution is 5.59. The van der Waals surface area contributed by atoms with Crippen molar-refractivity contribution in [3.05, 3.63) is 78.0 Å². The summed E-state index contributed by atoms with van der Waals surface area (Å²) in [4.78, 5) is 11.5. The van der Waals surface area contributed by atoms with Gasteiger partial charge in [-0.2, -0.15) is 4.98 Å². The van der Waals surface area contributed by atoms with Crippen molar-refractivity contribution in [3.63, 3.8) is 0 Å². The number of piperidine rings is 1. The molecule has 0 bridgehead atoms. The van der Waals surface area contributed by atoms with Crippen molar-refractivity contribution >= 4 is 17.5 Å². The summed E-state index contributed by atoms with van der Waals surface area (Å²) < 4.78 is 0. The topological polar surface area (TPSA) is 41.1 Å². The Balaban J connectivity index is 1.38. The Morgan fingerprint density at radius 2 is 1.70 bits per heavy atom. The summed E-state index contributed by atoms with van der Waals surface area (Å²) in [6, 6.07) is 21.0. The maximum Gasteiger partial charge on any atom is 0.229 e. The van der Waals surface area contributed by atoms with E-state index in [9.17, 15) is 0 Å². The SMILES string of the molecule is Cc1ccccc1Nc1nccc(N2CCC(Cc3ccccc3)CC2)n1. The van der Waals surface area contributed by atoms with Crippen molar-refractivity contribution in [2.45, 2.75) is 26.2 Å². The van der Waals surface area contributed by atoms with E-state index in [0.29, 0.717) is 5.95 Å². The number of nitrogens with one attached hydrogen (secondary N) is 1. The third-order valence-corrected chi connectivity index (χ3v) is 5.34. The minimum Gasteiger partial charge on any atom is -0.356 e. The molecular weight excluding hydrogens is 332 g/mol. The van der Waals surface area contributed by atoms with Crippen LogP contribution < -0.4 is 10.2 Å². The van der Waals surface area contributed by atoms with Crippen molar-refractivity contribution in [2.75, 3.05) is 23.3 Å². The zero-order chi connectivity index (χ0) is 18.5. The predicted molar refractivity (Wildman–Crippen MR) is 112 cm³/mol. The Morgan fingerprint density at radius 3 is 2.48 bits per heavy atom. The van der Waals surface area contributed by atoms with Crippen molar-refractivity contribution in [1.29, 1.82) is 0 Å². The van der Waals surface area contributed by atoms with Gasteiger partial charge in [-0.25, -0.2) is 4.98 Å². The Kier molecular flexibility index (Phi) is 5.33. The maximum atomic E-state index is 4.75. The summed E-state index contributed by atoms with van der Waals surface area (Å²) in [5.41, 5.74) is 3.69. The van der Waals surface area contributed by atoms with E-state index in [4.69, 9.17) is 4.98 Å². The lowest BCUT2D eigenvalue weighted by Crippen LogP contribution is -2.35. The molecule has 0 spiro atoms. The van der Waals surface area contributed by atoms with E-state index >= 15 is 0 Å². The van der Waals surface area contributed by atoms with Crippen LogP contribution in [0.1, 0.15) is 24.0 Å². The highest BCUT2D eigenvalue weighted by Crippen LogP contribution is 2.26. The molecule has 1 fully saturated rings. The minimum absolute atomic E-state index is 0.660. The molecule has 4 nitrogen and oxygen atoms in total. The van der Waals surface area contributed by atoms with Gasteiger partial charge in [-0.3, -0.25) is 0 Å². The van der Waals surface area contributed by atoms with E-state index < -0.39 is 0 Å². The molecule has 2 heterocycles. The number of rotatable bonds is 5. The van der Waals surface area contributed by atoms with Gasteiger partial charge in [0.05, 0.1) is 0 Å². The van der Waals surface area contributed by atoms with Crippen molar-refractivity contribution in [3.8, 4) is 0 Å². The molecule has 2 aromatic carbocycles. The van der Waals surface area contributed by atoms with Gasteiger partial charge >= 0.3 is 0 Å². The summed E-state index contributed by atoms with van der Waals surface area (Å²) in [6.07, 6.45) is 5.44. The van der Waals surface area contributed by atoms with Crippen LogP contribution in [0.25, 0.3) is 0 Å². The molecular formula is C23H26N4. The monoisotopic (exact) mass is 358 g/mol. The fourth-order valence-electron chi connectivity index (χ4n) is 3.73. The first-order chi connectivity index (χ1) is 13.3. The van der Waals surface area contributed by atoms with Gasteiger partial charge in [0.25, 0.3) is 0 Å². The number of para-hydroxylation sites is 1. The summed E-state index contributed by atoms with van der Waals surface area (Å²) >= 11 is 0. The van der Waals surface area contributed by atoms with E-state index in [1.54, 1.807) is 0 Å². The van der Waals surface area contributed by atoms with Crippen LogP contribution >= 0.6 is 0 Å². The number of aryl methyl sites for hydroxylation is 1. The third kappa shape index (κ3) is 4.45. The lowest BCUT2D eigenvalue weighted by atomic mass is 9.90. The molecule has 0 saturated carbocycles. The van der Waals surface area contributed by atoms with Crippen LogP contribution in [0.15, 0.2) is 66.9 Å². The smallest absolute Gasteiger partial charge is 0.229 e. The van der Waals surface area contributed by atoms with Crippen molar-refractivity contribution in [2.24, 2.45) is 5.92 Å². The standard InChI is InChI=1S/C23H26N4/c1-18-7-5-6-10-21(18)25-23-24-14-11-22(26-23)27-15-12-20(13-16-27)17-19-8-3-2-4-9-19/h2-11,14,20H,12-13,15-17H2,1H3,(H,24,25,26). The minimum atomic E-state index is 0.660. The molecule has 1 N–H and O–H groups in total. The number of nitrogens with zero attached hydrogens (tertiary/aromatic N) is 3. The summed E-state index contributed by atoms with van der Waals surface area (Å²) in [7, 11) is 0. The largest absolute Gasteiger partial charge is 0.356 e. The van der Waals surface area contributed by atoms with Crippen LogP contribution in [-0.2, 0) is 6.42 Å². The van der Waals surface area contributed by atoms with Gasteiger partial charge < -0.3 is 10.2 Å². The Morgan fingerprint density at radius 1 is 0.963 bits per heavy atom. The van der Waals surface area contributed by atoms with Gasteiger partial charge in [0.15, 0.2) is 0 Å². The van der Waals surface area contributed by atoms with Crippen LogP contribution in [0.3, 0.4) is 0 Å². The van der Waals surface area contributed by atoms with E-state index in [0.717, 1.165) is 30.5 Å². The van der Waals surface area contributed by atoms with Crippen LogP contribution in [-0.4, -0.2) is 23.1 Å². The number of hydrogen-bond donors (Lipinski definition) is 1. The quantitative estimate of drug-likeness (QED) is 0.698. The van der Waals surface area contributed by atoms with Crippen LogP contribution in [0, 0.1) is 12.8 Å². The second kappa shape index (κ2) is 8.21. The zero-order valence-electron chi connectivity index (χ0n) is 15.8.